The van der Waals surface area contributed by atoms with Crippen LogP contribution in [0.3, 0.4) is 0 Å². The molecule has 0 spiro atoms. The molecule has 10 heteroatoms. The van der Waals surface area contributed by atoms with Gasteiger partial charge < -0.3 is 9.88 Å². The summed E-state index contributed by atoms with van der Waals surface area (Å²) >= 11 is 0. The summed E-state index contributed by atoms with van der Waals surface area (Å²) < 4.78 is 28.0. The number of rotatable bonds is 6. The summed E-state index contributed by atoms with van der Waals surface area (Å²) in [7, 11) is -2.27. The lowest BCUT2D eigenvalue weighted by molar-refractivity contribution is -0.121. The van der Waals surface area contributed by atoms with Gasteiger partial charge in [-0.3, -0.25) is 19.4 Å². The number of carbonyl (C=O) groups is 1. The molecule has 1 unspecified atom stereocenters. The van der Waals surface area contributed by atoms with E-state index in [4.69, 9.17) is 0 Å². The van der Waals surface area contributed by atoms with Crippen LogP contribution in [0.2, 0.25) is 0 Å². The van der Waals surface area contributed by atoms with Gasteiger partial charge in [0.25, 0.3) is 5.56 Å². The Morgan fingerprint density at radius 2 is 1.94 bits per heavy atom. The first-order chi connectivity index (χ1) is 16.2. The van der Waals surface area contributed by atoms with E-state index in [2.05, 4.69) is 27.2 Å². The van der Waals surface area contributed by atoms with Crippen LogP contribution in [0.15, 0.2) is 53.5 Å². The highest BCUT2D eigenvalue weighted by molar-refractivity contribution is 7.91. The molecule has 1 atom stereocenters. The van der Waals surface area contributed by atoms with Gasteiger partial charge >= 0.3 is 0 Å². The highest BCUT2D eigenvalue weighted by atomic mass is 32.2. The fraction of sp³-hybridized carbons (Fsp3) is 0.375. The van der Waals surface area contributed by atoms with Crippen LogP contribution in [0.5, 0.6) is 0 Å². The van der Waals surface area contributed by atoms with Gasteiger partial charge in [-0.15, -0.1) is 0 Å². The summed E-state index contributed by atoms with van der Waals surface area (Å²) in [6.45, 7) is 3.80. The van der Waals surface area contributed by atoms with E-state index in [-0.39, 0.29) is 23.9 Å². The predicted molar refractivity (Wildman–Crippen MR) is 132 cm³/mol. The maximum atomic E-state index is 12.4. The van der Waals surface area contributed by atoms with Crippen LogP contribution >= 0.6 is 0 Å². The summed E-state index contributed by atoms with van der Waals surface area (Å²) in [5.74, 6) is 0.269. The number of carbonyl (C=O) groups excluding carboxylic acids is 1. The highest BCUT2D eigenvalue weighted by Gasteiger charge is 2.17. The van der Waals surface area contributed by atoms with Crippen molar-refractivity contribution in [3.63, 3.8) is 0 Å². The van der Waals surface area contributed by atoms with Crippen molar-refractivity contribution in [2.24, 2.45) is 5.92 Å². The lowest BCUT2D eigenvalue weighted by Crippen LogP contribution is -2.33. The number of sulfonamides is 1. The van der Waals surface area contributed by atoms with Crippen molar-refractivity contribution in [1.29, 1.82) is 0 Å². The van der Waals surface area contributed by atoms with Gasteiger partial charge in [0.05, 0.1) is 11.9 Å². The van der Waals surface area contributed by atoms with E-state index < -0.39 is 15.6 Å². The Morgan fingerprint density at radius 3 is 2.65 bits per heavy atom. The summed E-state index contributed by atoms with van der Waals surface area (Å²) in [5.41, 5.74) is 3.32. The van der Waals surface area contributed by atoms with Crippen LogP contribution in [0.4, 0.5) is 5.69 Å². The Bertz CT molecular complexity index is 1280. The molecule has 1 aliphatic carbocycles. The van der Waals surface area contributed by atoms with Crippen LogP contribution in [-0.4, -0.2) is 36.1 Å². The third kappa shape index (κ3) is 6.80. The summed E-state index contributed by atoms with van der Waals surface area (Å²) in [6, 6.07) is 11.7. The van der Waals surface area contributed by atoms with E-state index in [1.165, 1.54) is 48.2 Å². The SMILES string of the molecule is CC1CCc2[nH]ncc2C1.CNC(=O)Cn1c(C)ccc(NS(=O)(=O)Cc2ccccc2)c1=O. The minimum atomic E-state index is -3.74. The van der Waals surface area contributed by atoms with Gasteiger partial charge in [-0.1, -0.05) is 37.3 Å². The average Bonchev–Trinajstić information content (AvgIpc) is 3.27. The lowest BCUT2D eigenvalue weighted by Gasteiger charge is -2.16. The van der Waals surface area contributed by atoms with Crippen molar-refractivity contribution in [3.05, 3.63) is 81.5 Å². The lowest BCUT2D eigenvalue weighted by atomic mass is 9.89. The highest BCUT2D eigenvalue weighted by Crippen LogP contribution is 2.22. The maximum Gasteiger partial charge on any atom is 0.275 e. The monoisotopic (exact) mass is 485 g/mol. The zero-order valence-corrected chi connectivity index (χ0v) is 20.5. The predicted octanol–water partition coefficient (Wildman–Crippen LogP) is 2.38. The van der Waals surface area contributed by atoms with Crippen molar-refractivity contribution >= 4 is 21.6 Å². The molecule has 2 aromatic heterocycles. The van der Waals surface area contributed by atoms with Crippen molar-refractivity contribution in [3.8, 4) is 0 Å². The smallest absolute Gasteiger partial charge is 0.275 e. The van der Waals surface area contributed by atoms with E-state index in [1.54, 1.807) is 43.3 Å². The van der Waals surface area contributed by atoms with Crippen LogP contribution in [0.25, 0.3) is 0 Å². The number of benzene rings is 1. The summed E-state index contributed by atoms with van der Waals surface area (Å²) in [4.78, 5) is 23.9. The molecule has 4 rings (SSSR count). The molecule has 1 amide bonds. The fourth-order valence-corrected chi connectivity index (χ4v) is 4.96. The standard InChI is InChI=1S/C16H19N3O4S.C8H12N2/c1-12-8-9-14(16(21)19(12)10-15(20)17-2)18-24(22,23)11-13-6-4-3-5-7-13;1-6-2-3-8-7(4-6)5-9-10-8/h3-9,18H,10-11H2,1-2H3,(H,17,20);5-6H,2-4H2,1H3,(H,9,10). The Hall–Kier alpha value is -3.40. The second-order valence-electron chi connectivity index (χ2n) is 8.52. The average molecular weight is 486 g/mol. The molecule has 0 fully saturated rings. The Labute approximate surface area is 199 Å². The topological polar surface area (TPSA) is 126 Å². The first-order valence-electron chi connectivity index (χ1n) is 11.1. The van der Waals surface area contributed by atoms with Crippen molar-refractivity contribution in [2.45, 2.75) is 45.4 Å². The number of pyridine rings is 1. The third-order valence-electron chi connectivity index (χ3n) is 5.70. The number of amides is 1. The van der Waals surface area contributed by atoms with Crippen LogP contribution in [0, 0.1) is 12.8 Å². The molecule has 1 aromatic carbocycles. The molecule has 0 saturated carbocycles. The van der Waals surface area contributed by atoms with Gasteiger partial charge in [0, 0.05) is 18.4 Å². The number of nitrogens with zero attached hydrogens (tertiary/aromatic N) is 2. The van der Waals surface area contributed by atoms with Crippen LogP contribution in [-0.2, 0) is 40.0 Å². The van der Waals surface area contributed by atoms with E-state index in [9.17, 15) is 18.0 Å². The molecular weight excluding hydrogens is 454 g/mol. The molecule has 1 aliphatic rings. The molecule has 2 heterocycles. The minimum absolute atomic E-state index is 0.0829. The van der Waals surface area contributed by atoms with E-state index in [1.807, 2.05) is 6.20 Å². The van der Waals surface area contributed by atoms with Crippen LogP contribution in [0.1, 0.15) is 35.9 Å². The van der Waals surface area contributed by atoms with Gasteiger partial charge in [-0.25, -0.2) is 8.42 Å². The molecule has 3 aromatic rings. The molecule has 182 valence electrons. The quantitative estimate of drug-likeness (QED) is 0.494. The Kier molecular flexibility index (Phi) is 8.27. The Morgan fingerprint density at radius 1 is 1.21 bits per heavy atom. The van der Waals surface area contributed by atoms with Crippen molar-refractivity contribution in [1.82, 2.24) is 20.1 Å². The fourth-order valence-electron chi connectivity index (χ4n) is 3.76. The van der Waals surface area contributed by atoms with E-state index >= 15 is 0 Å². The van der Waals surface area contributed by atoms with Gasteiger partial charge in [0.1, 0.15) is 12.2 Å². The number of H-pyrrole nitrogens is 1. The summed E-state index contributed by atoms with van der Waals surface area (Å²) in [6.07, 6.45) is 5.68. The van der Waals surface area contributed by atoms with Gasteiger partial charge in [0.2, 0.25) is 15.9 Å². The number of hydrogen-bond acceptors (Lipinski definition) is 5. The second-order valence-corrected chi connectivity index (χ2v) is 10.2. The second kappa shape index (κ2) is 11.1. The van der Waals surface area contributed by atoms with Crippen molar-refractivity contribution in [2.75, 3.05) is 11.8 Å². The van der Waals surface area contributed by atoms with Crippen molar-refractivity contribution < 1.29 is 13.2 Å². The number of hydrogen-bond donors (Lipinski definition) is 3. The normalized spacial score (nSPS) is 15.0. The molecule has 34 heavy (non-hydrogen) atoms. The zero-order chi connectivity index (χ0) is 24.7. The Balaban J connectivity index is 0.000000266. The number of aryl methyl sites for hydroxylation is 2. The number of nitrogens with one attached hydrogen (secondary N) is 3. The molecular formula is C24H31N5O4S. The molecule has 3 N–H and O–H groups in total. The number of anilines is 1. The first kappa shape index (κ1) is 25.2. The molecule has 9 nitrogen and oxygen atoms in total. The van der Waals surface area contributed by atoms with Crippen LogP contribution < -0.4 is 15.6 Å². The largest absolute Gasteiger partial charge is 0.358 e. The maximum absolute atomic E-state index is 12.4. The third-order valence-corrected chi connectivity index (χ3v) is 6.95. The number of likely N-dealkylation sites (N-methyl/N-ethyl adjacent to an activating group) is 1. The number of aromatic nitrogens is 3. The minimum Gasteiger partial charge on any atom is -0.358 e. The summed E-state index contributed by atoms with van der Waals surface area (Å²) in [5, 5.41) is 9.47. The molecule has 0 saturated heterocycles. The molecule has 0 aliphatic heterocycles. The zero-order valence-electron chi connectivity index (χ0n) is 19.7. The number of fused-ring (bicyclic) bond motifs is 1. The number of aromatic amines is 1. The van der Waals surface area contributed by atoms with Gasteiger partial charge in [-0.2, -0.15) is 5.10 Å². The molecule has 0 bridgehead atoms. The van der Waals surface area contributed by atoms with E-state index in [0.29, 0.717) is 11.3 Å². The van der Waals surface area contributed by atoms with Gasteiger partial charge in [-0.05, 0) is 55.4 Å². The van der Waals surface area contributed by atoms with Gasteiger partial charge in [0.15, 0.2) is 0 Å². The van der Waals surface area contributed by atoms with E-state index in [0.717, 1.165) is 5.92 Å². The molecule has 0 radical (unpaired) electrons. The first-order valence-corrected chi connectivity index (χ1v) is 12.8.